The molecule has 0 saturated heterocycles. The average molecular weight is 281 g/mol. The summed E-state index contributed by atoms with van der Waals surface area (Å²) in [5.74, 6) is 3.37. The van der Waals surface area contributed by atoms with Crippen LogP contribution in [0.25, 0.3) is 0 Å². The first-order valence-corrected chi connectivity index (χ1v) is 7.85. The Morgan fingerprint density at radius 3 is 2.60 bits per heavy atom. The van der Waals surface area contributed by atoms with Gasteiger partial charge >= 0.3 is 0 Å². The van der Waals surface area contributed by atoms with E-state index in [9.17, 15) is 0 Å². The number of aryl methyl sites for hydroxylation is 1. The van der Waals surface area contributed by atoms with Gasteiger partial charge in [-0.25, -0.2) is 0 Å². The molecule has 0 saturated carbocycles. The van der Waals surface area contributed by atoms with Crippen molar-refractivity contribution >= 4 is 0 Å². The Bertz CT molecular complexity index is 369. The Hall–Kier alpha value is -0.800. The summed E-state index contributed by atoms with van der Waals surface area (Å²) in [6.07, 6.45) is 2.35. The Morgan fingerprint density at radius 2 is 1.95 bits per heavy atom. The van der Waals surface area contributed by atoms with Crippen LogP contribution in [0.15, 0.2) is 10.5 Å². The molecule has 1 N–H and O–H groups in total. The van der Waals surface area contributed by atoms with Crippen LogP contribution in [-0.2, 0) is 17.9 Å². The molecule has 3 heteroatoms. The van der Waals surface area contributed by atoms with Crippen molar-refractivity contribution in [2.75, 3.05) is 13.2 Å². The van der Waals surface area contributed by atoms with Crippen LogP contribution in [0.5, 0.6) is 0 Å². The third-order valence-corrected chi connectivity index (χ3v) is 3.25. The highest BCUT2D eigenvalue weighted by Crippen LogP contribution is 2.16. The van der Waals surface area contributed by atoms with Crippen LogP contribution in [0.3, 0.4) is 0 Å². The molecule has 1 aromatic heterocycles. The van der Waals surface area contributed by atoms with E-state index >= 15 is 0 Å². The summed E-state index contributed by atoms with van der Waals surface area (Å²) in [4.78, 5) is 0. The summed E-state index contributed by atoms with van der Waals surface area (Å²) < 4.78 is 11.4. The Labute approximate surface area is 124 Å². The van der Waals surface area contributed by atoms with Crippen LogP contribution >= 0.6 is 0 Å². The highest BCUT2D eigenvalue weighted by Gasteiger charge is 2.07. The van der Waals surface area contributed by atoms with Crippen molar-refractivity contribution in [1.29, 1.82) is 0 Å². The second kappa shape index (κ2) is 9.19. The highest BCUT2D eigenvalue weighted by atomic mass is 16.5. The molecule has 0 radical (unpaired) electrons. The van der Waals surface area contributed by atoms with E-state index in [1.54, 1.807) is 0 Å². The maximum atomic E-state index is 5.73. The first-order chi connectivity index (χ1) is 9.49. The molecular weight excluding hydrogens is 250 g/mol. The molecule has 0 aromatic carbocycles. The first-order valence-electron chi connectivity index (χ1n) is 7.85. The zero-order valence-corrected chi connectivity index (χ0v) is 13.8. The number of ether oxygens (including phenoxy) is 1. The fourth-order valence-corrected chi connectivity index (χ4v) is 2.10. The van der Waals surface area contributed by atoms with Crippen molar-refractivity contribution in [3.8, 4) is 0 Å². The Balaban J connectivity index is 2.26. The van der Waals surface area contributed by atoms with Crippen LogP contribution in [-0.4, -0.2) is 13.2 Å². The number of nitrogens with one attached hydrogen (secondary N) is 1. The minimum absolute atomic E-state index is 0.586. The maximum Gasteiger partial charge on any atom is 0.130 e. The normalized spacial score (nSPS) is 11.8. The minimum Gasteiger partial charge on any atom is -0.464 e. The molecule has 0 spiro atoms. The van der Waals surface area contributed by atoms with Gasteiger partial charge in [-0.05, 0) is 44.2 Å². The molecule has 0 aliphatic heterocycles. The SMILES string of the molecule is Cc1oc(COCCCC(C)C)cc1CNCC(C)C. The smallest absolute Gasteiger partial charge is 0.130 e. The van der Waals surface area contributed by atoms with Crippen LogP contribution in [0.4, 0.5) is 0 Å². The topological polar surface area (TPSA) is 34.4 Å². The van der Waals surface area contributed by atoms with Crippen molar-refractivity contribution < 1.29 is 9.15 Å². The molecule has 0 unspecified atom stereocenters. The molecule has 1 rings (SSSR count). The fraction of sp³-hybridized carbons (Fsp3) is 0.765. The van der Waals surface area contributed by atoms with Crippen LogP contribution < -0.4 is 5.32 Å². The largest absolute Gasteiger partial charge is 0.464 e. The van der Waals surface area contributed by atoms with Gasteiger partial charge in [-0.2, -0.15) is 0 Å². The van der Waals surface area contributed by atoms with Gasteiger partial charge in [0.1, 0.15) is 18.1 Å². The van der Waals surface area contributed by atoms with E-state index in [0.717, 1.165) is 43.6 Å². The Kier molecular flexibility index (Phi) is 7.93. The minimum atomic E-state index is 0.586. The van der Waals surface area contributed by atoms with E-state index in [4.69, 9.17) is 9.15 Å². The second-order valence-electron chi connectivity index (χ2n) is 6.41. The third kappa shape index (κ3) is 7.11. The fourth-order valence-electron chi connectivity index (χ4n) is 2.10. The van der Waals surface area contributed by atoms with Crippen molar-refractivity contribution in [2.45, 2.75) is 60.6 Å². The molecule has 3 nitrogen and oxygen atoms in total. The van der Waals surface area contributed by atoms with E-state index in [1.807, 2.05) is 6.92 Å². The molecule has 20 heavy (non-hydrogen) atoms. The van der Waals surface area contributed by atoms with Crippen LogP contribution in [0, 0.1) is 18.8 Å². The van der Waals surface area contributed by atoms with Gasteiger partial charge in [-0.15, -0.1) is 0 Å². The molecule has 1 aromatic rings. The lowest BCUT2D eigenvalue weighted by Gasteiger charge is -2.05. The van der Waals surface area contributed by atoms with Gasteiger partial charge in [0.05, 0.1) is 0 Å². The van der Waals surface area contributed by atoms with Crippen molar-refractivity contribution in [3.63, 3.8) is 0 Å². The standard InChI is InChI=1S/C17H31NO2/c1-13(2)7-6-8-19-12-17-9-16(15(5)20-17)11-18-10-14(3)4/h9,13-14,18H,6-8,10-12H2,1-5H3. The summed E-state index contributed by atoms with van der Waals surface area (Å²) in [7, 11) is 0. The van der Waals surface area contributed by atoms with Crippen molar-refractivity contribution in [1.82, 2.24) is 5.32 Å². The number of furan rings is 1. The Morgan fingerprint density at radius 1 is 1.20 bits per heavy atom. The molecule has 0 fully saturated rings. The quantitative estimate of drug-likeness (QED) is 0.650. The third-order valence-electron chi connectivity index (χ3n) is 3.25. The van der Waals surface area contributed by atoms with E-state index in [0.29, 0.717) is 12.5 Å². The molecular formula is C17H31NO2. The highest BCUT2D eigenvalue weighted by molar-refractivity contribution is 5.20. The van der Waals surface area contributed by atoms with Crippen molar-refractivity contribution in [2.24, 2.45) is 11.8 Å². The van der Waals surface area contributed by atoms with E-state index in [1.165, 1.54) is 12.0 Å². The summed E-state index contributed by atoms with van der Waals surface area (Å²) in [6.45, 7) is 14.2. The zero-order valence-electron chi connectivity index (χ0n) is 13.8. The van der Waals surface area contributed by atoms with E-state index in [2.05, 4.69) is 39.1 Å². The second-order valence-corrected chi connectivity index (χ2v) is 6.41. The molecule has 0 aliphatic rings. The van der Waals surface area contributed by atoms with Gasteiger partial charge in [-0.1, -0.05) is 27.7 Å². The van der Waals surface area contributed by atoms with Gasteiger partial charge in [0, 0.05) is 18.7 Å². The van der Waals surface area contributed by atoms with Crippen LogP contribution in [0.1, 0.15) is 57.6 Å². The van der Waals surface area contributed by atoms with E-state index in [-0.39, 0.29) is 0 Å². The molecule has 0 amide bonds. The monoisotopic (exact) mass is 281 g/mol. The summed E-state index contributed by atoms with van der Waals surface area (Å²) in [5, 5.41) is 3.44. The maximum absolute atomic E-state index is 5.73. The zero-order chi connectivity index (χ0) is 15.0. The molecule has 0 atom stereocenters. The summed E-state index contributed by atoms with van der Waals surface area (Å²) in [5.41, 5.74) is 1.24. The lowest BCUT2D eigenvalue weighted by Crippen LogP contribution is -2.18. The van der Waals surface area contributed by atoms with Crippen LogP contribution in [0.2, 0.25) is 0 Å². The molecule has 0 bridgehead atoms. The predicted octanol–water partition coefficient (Wildman–Crippen LogP) is 4.29. The van der Waals surface area contributed by atoms with Crippen molar-refractivity contribution in [3.05, 3.63) is 23.2 Å². The number of hydrogen-bond donors (Lipinski definition) is 1. The number of rotatable bonds is 10. The molecule has 116 valence electrons. The van der Waals surface area contributed by atoms with E-state index < -0.39 is 0 Å². The predicted molar refractivity (Wildman–Crippen MR) is 83.7 cm³/mol. The first kappa shape index (κ1) is 17.3. The van der Waals surface area contributed by atoms with Gasteiger partial charge in [0.25, 0.3) is 0 Å². The summed E-state index contributed by atoms with van der Waals surface area (Å²) >= 11 is 0. The average Bonchev–Trinajstić information content (AvgIpc) is 2.69. The van der Waals surface area contributed by atoms with Gasteiger partial charge in [0.15, 0.2) is 0 Å². The molecule has 0 aliphatic carbocycles. The molecule has 1 heterocycles. The lowest BCUT2D eigenvalue weighted by atomic mass is 10.1. The lowest BCUT2D eigenvalue weighted by molar-refractivity contribution is 0.100. The van der Waals surface area contributed by atoms with Gasteiger partial charge in [-0.3, -0.25) is 0 Å². The number of hydrogen-bond acceptors (Lipinski definition) is 3. The summed E-state index contributed by atoms with van der Waals surface area (Å²) in [6, 6.07) is 2.12. The van der Waals surface area contributed by atoms with Gasteiger partial charge < -0.3 is 14.5 Å². The van der Waals surface area contributed by atoms with Gasteiger partial charge in [0.2, 0.25) is 0 Å².